The van der Waals surface area contributed by atoms with E-state index in [4.69, 9.17) is 0 Å². The third-order valence-corrected chi connectivity index (χ3v) is 11.4. The molecule has 0 spiro atoms. The SMILES string of the molecule is CC(=O)/C=C1/[C@@]2(C)C=C(C#N)C(=O)C(C)(C)[C@@H]2CC[C@@]1(C)C(C)(C)CC[C@@]1(C#N)CCC(C)(C)CC1C. The van der Waals surface area contributed by atoms with Crippen molar-refractivity contribution in [3.63, 3.8) is 0 Å². The van der Waals surface area contributed by atoms with Gasteiger partial charge in [0.05, 0.1) is 17.1 Å². The van der Waals surface area contributed by atoms with Gasteiger partial charge in [-0.15, -0.1) is 0 Å². The lowest BCUT2D eigenvalue weighted by atomic mass is 9.42. The summed E-state index contributed by atoms with van der Waals surface area (Å²) in [6.07, 6.45) is 10.2. The molecular formula is C33H48N2O2. The Hall–Kier alpha value is -2.20. The lowest BCUT2D eigenvalue weighted by Crippen LogP contribution is -2.55. The Morgan fingerprint density at radius 2 is 1.73 bits per heavy atom. The highest BCUT2D eigenvalue weighted by molar-refractivity contribution is 6.04. The molecule has 0 aliphatic heterocycles. The van der Waals surface area contributed by atoms with Gasteiger partial charge in [0.1, 0.15) is 6.07 Å². The molecule has 4 heteroatoms. The van der Waals surface area contributed by atoms with E-state index in [-0.39, 0.29) is 44.7 Å². The largest absolute Gasteiger partial charge is 0.295 e. The highest BCUT2D eigenvalue weighted by atomic mass is 16.1. The summed E-state index contributed by atoms with van der Waals surface area (Å²) in [5, 5.41) is 20.2. The average molecular weight is 505 g/mol. The van der Waals surface area contributed by atoms with Gasteiger partial charge in [-0.3, -0.25) is 9.59 Å². The Bertz CT molecular complexity index is 1120. The molecule has 0 aromatic rings. The van der Waals surface area contributed by atoms with Gasteiger partial charge in [0.15, 0.2) is 11.6 Å². The number of carbonyl (C=O) groups excluding carboxylic acids is 2. The molecule has 0 radical (unpaired) electrons. The highest BCUT2D eigenvalue weighted by Crippen LogP contribution is 2.67. The number of Topliss-reactive ketones (excluding diaryl/α,β-unsaturated/α-hetero) is 1. The van der Waals surface area contributed by atoms with Gasteiger partial charge in [-0.25, -0.2) is 0 Å². The van der Waals surface area contributed by atoms with E-state index in [2.05, 4.69) is 60.6 Å². The van der Waals surface area contributed by atoms with E-state index in [0.717, 1.165) is 50.5 Å². The van der Waals surface area contributed by atoms with Crippen LogP contribution in [0.2, 0.25) is 0 Å². The van der Waals surface area contributed by atoms with Crippen LogP contribution in [0.1, 0.15) is 114 Å². The number of nitriles is 2. The maximum Gasteiger partial charge on any atom is 0.178 e. The van der Waals surface area contributed by atoms with Crippen LogP contribution in [-0.4, -0.2) is 11.6 Å². The number of nitrogens with zero attached hydrogens (tertiary/aromatic N) is 2. The van der Waals surface area contributed by atoms with Gasteiger partial charge in [-0.05, 0) is 86.0 Å². The molecule has 0 heterocycles. The predicted octanol–water partition coefficient (Wildman–Crippen LogP) is 8.15. The number of fused-ring (bicyclic) bond motifs is 1. The Morgan fingerprint density at radius 3 is 2.24 bits per heavy atom. The number of ketones is 2. The van der Waals surface area contributed by atoms with E-state index in [1.54, 1.807) is 13.0 Å². The van der Waals surface area contributed by atoms with Crippen LogP contribution in [0.15, 0.2) is 23.3 Å². The second kappa shape index (κ2) is 9.22. The fraction of sp³-hybridized carbons (Fsp3) is 0.758. The van der Waals surface area contributed by atoms with Crippen molar-refractivity contribution in [2.45, 2.75) is 114 Å². The smallest absolute Gasteiger partial charge is 0.178 e. The third kappa shape index (κ3) is 4.64. The van der Waals surface area contributed by atoms with Crippen molar-refractivity contribution in [3.8, 4) is 12.1 Å². The van der Waals surface area contributed by atoms with Crippen LogP contribution < -0.4 is 0 Å². The average Bonchev–Trinajstić information content (AvgIpc) is 2.78. The minimum atomic E-state index is -0.675. The zero-order valence-electron chi connectivity index (χ0n) is 25.0. The van der Waals surface area contributed by atoms with Crippen molar-refractivity contribution in [2.24, 2.45) is 44.3 Å². The topological polar surface area (TPSA) is 81.7 Å². The molecule has 0 N–H and O–H groups in total. The molecule has 4 nitrogen and oxygen atoms in total. The van der Waals surface area contributed by atoms with E-state index in [1.807, 2.05) is 19.9 Å². The molecule has 0 bridgehead atoms. The Kier molecular flexibility index (Phi) is 7.32. The van der Waals surface area contributed by atoms with Crippen molar-refractivity contribution in [1.29, 1.82) is 10.5 Å². The summed E-state index contributed by atoms with van der Waals surface area (Å²) in [4.78, 5) is 25.8. The van der Waals surface area contributed by atoms with Crippen LogP contribution in [-0.2, 0) is 9.59 Å². The van der Waals surface area contributed by atoms with Gasteiger partial charge in [-0.1, -0.05) is 74.0 Å². The fourth-order valence-corrected chi connectivity index (χ4v) is 8.45. The zero-order chi connectivity index (χ0) is 28.2. The quantitative estimate of drug-likeness (QED) is 0.354. The lowest BCUT2D eigenvalue weighted by Gasteiger charge is -2.61. The molecule has 0 aromatic heterocycles. The predicted molar refractivity (Wildman–Crippen MR) is 148 cm³/mol. The molecule has 0 amide bonds. The van der Waals surface area contributed by atoms with E-state index < -0.39 is 10.8 Å². The van der Waals surface area contributed by atoms with Crippen LogP contribution in [0.25, 0.3) is 0 Å². The molecule has 2 saturated carbocycles. The summed E-state index contributed by atoms with van der Waals surface area (Å²) in [7, 11) is 0. The van der Waals surface area contributed by atoms with Gasteiger partial charge >= 0.3 is 0 Å². The van der Waals surface area contributed by atoms with Gasteiger partial charge in [0, 0.05) is 10.8 Å². The van der Waals surface area contributed by atoms with Gasteiger partial charge in [-0.2, -0.15) is 10.5 Å². The fourth-order valence-electron chi connectivity index (χ4n) is 8.45. The lowest BCUT2D eigenvalue weighted by molar-refractivity contribution is -0.131. The van der Waals surface area contributed by atoms with Gasteiger partial charge in [0.25, 0.3) is 0 Å². The van der Waals surface area contributed by atoms with Gasteiger partial charge in [0.2, 0.25) is 0 Å². The van der Waals surface area contributed by atoms with Crippen LogP contribution in [0.5, 0.6) is 0 Å². The van der Waals surface area contributed by atoms with E-state index in [9.17, 15) is 20.1 Å². The molecule has 202 valence electrons. The van der Waals surface area contributed by atoms with E-state index in [1.165, 1.54) is 0 Å². The highest BCUT2D eigenvalue weighted by Gasteiger charge is 2.61. The Morgan fingerprint density at radius 1 is 1.11 bits per heavy atom. The van der Waals surface area contributed by atoms with Crippen molar-refractivity contribution in [3.05, 3.63) is 23.3 Å². The summed E-state index contributed by atoms with van der Waals surface area (Å²) >= 11 is 0. The van der Waals surface area contributed by atoms with Gasteiger partial charge < -0.3 is 0 Å². The van der Waals surface area contributed by atoms with Crippen LogP contribution in [0, 0.1) is 67.0 Å². The molecule has 37 heavy (non-hydrogen) atoms. The molecule has 3 aliphatic carbocycles. The number of hydrogen-bond donors (Lipinski definition) is 0. The van der Waals surface area contributed by atoms with Crippen molar-refractivity contribution >= 4 is 11.6 Å². The molecule has 5 atom stereocenters. The van der Waals surface area contributed by atoms with Crippen molar-refractivity contribution in [1.82, 2.24) is 0 Å². The van der Waals surface area contributed by atoms with E-state index in [0.29, 0.717) is 5.92 Å². The second-order valence-electron chi connectivity index (χ2n) is 15.0. The monoisotopic (exact) mass is 504 g/mol. The summed E-state index contributed by atoms with van der Waals surface area (Å²) < 4.78 is 0. The molecule has 1 unspecified atom stereocenters. The minimum Gasteiger partial charge on any atom is -0.295 e. The summed E-state index contributed by atoms with van der Waals surface area (Å²) in [6, 6.07) is 4.93. The standard InChI is InChI=1S/C33H48N2O2/c1-22-18-28(3,4)13-15-33(22,21-35)16-14-29(5,6)32(10)12-11-25-30(7,8)27(37)24(20-34)19-31(25,9)26(32)17-23(2)36/h17,19,22,25H,11-16,18H2,1-10H3/b26-17-/t22?,25-,31-,32+,33+/m0/s1. The number of allylic oxidation sites excluding steroid dienone is 4. The van der Waals surface area contributed by atoms with Crippen LogP contribution >= 0.6 is 0 Å². The minimum absolute atomic E-state index is 0.00265. The molecule has 2 fully saturated rings. The molecule has 0 aromatic carbocycles. The Labute approximate surface area is 225 Å². The van der Waals surface area contributed by atoms with Crippen LogP contribution in [0.3, 0.4) is 0 Å². The molecule has 3 rings (SSSR count). The van der Waals surface area contributed by atoms with Crippen molar-refractivity contribution in [2.75, 3.05) is 0 Å². The molecule has 0 saturated heterocycles. The van der Waals surface area contributed by atoms with E-state index >= 15 is 0 Å². The van der Waals surface area contributed by atoms with Crippen molar-refractivity contribution < 1.29 is 9.59 Å². The summed E-state index contributed by atoms with van der Waals surface area (Å²) in [6.45, 7) is 21.4. The first-order valence-corrected chi connectivity index (χ1v) is 14.1. The normalized spacial score (nSPS) is 38.2. The first-order valence-electron chi connectivity index (χ1n) is 14.1. The number of rotatable bonds is 5. The molecular weight excluding hydrogens is 456 g/mol. The number of hydrogen-bond acceptors (Lipinski definition) is 4. The maximum atomic E-state index is 13.2. The summed E-state index contributed by atoms with van der Waals surface area (Å²) in [5.74, 6) is 0.270. The maximum absolute atomic E-state index is 13.2. The second-order valence-corrected chi connectivity index (χ2v) is 15.0. The first kappa shape index (κ1) is 29.4. The Balaban J connectivity index is 2.06. The molecule has 3 aliphatic rings. The third-order valence-electron chi connectivity index (χ3n) is 11.4. The number of carbonyl (C=O) groups is 2. The summed E-state index contributed by atoms with van der Waals surface area (Å²) in [5.41, 5.74) is -0.522. The first-order chi connectivity index (χ1) is 16.8. The zero-order valence-corrected chi connectivity index (χ0v) is 25.0. The van der Waals surface area contributed by atoms with Crippen LogP contribution in [0.4, 0.5) is 0 Å².